The first-order valence-electron chi connectivity index (χ1n) is 8.59. The van der Waals surface area contributed by atoms with Gasteiger partial charge >= 0.3 is 6.03 Å². The van der Waals surface area contributed by atoms with Gasteiger partial charge in [0.2, 0.25) is 6.41 Å². The van der Waals surface area contributed by atoms with Crippen LogP contribution in [0.1, 0.15) is 16.7 Å². The van der Waals surface area contributed by atoms with E-state index in [0.29, 0.717) is 38.0 Å². The molecule has 0 radical (unpaired) electrons. The van der Waals surface area contributed by atoms with Crippen molar-refractivity contribution in [3.8, 4) is 0 Å². The Morgan fingerprint density at radius 3 is 2.37 bits per heavy atom. The largest absolute Gasteiger partial charge is 0.331 e. The topological polar surface area (TPSA) is 95.6 Å². The van der Waals surface area contributed by atoms with Gasteiger partial charge in [0, 0.05) is 18.8 Å². The molecule has 2 N–H and O–H groups in total. The smallest absolute Gasteiger partial charge is 0.329 e. The minimum absolute atomic E-state index is 0.0594. The number of hydrogen-bond acceptors (Lipinski definition) is 4. The van der Waals surface area contributed by atoms with Crippen LogP contribution in [0.4, 0.5) is 10.5 Å². The molecule has 0 bridgehead atoms. The highest BCUT2D eigenvalue weighted by atomic mass is 32.2. The van der Waals surface area contributed by atoms with Gasteiger partial charge in [0.15, 0.2) is 0 Å². The van der Waals surface area contributed by atoms with Crippen molar-refractivity contribution in [3.63, 3.8) is 0 Å². The van der Waals surface area contributed by atoms with Crippen LogP contribution in [0.2, 0.25) is 0 Å². The zero-order valence-electron chi connectivity index (χ0n) is 14.9. The summed E-state index contributed by atoms with van der Waals surface area (Å²) in [6, 6.07) is 11.3. The van der Waals surface area contributed by atoms with Crippen LogP contribution in [-0.4, -0.2) is 38.8 Å². The van der Waals surface area contributed by atoms with E-state index >= 15 is 0 Å². The molecule has 0 aromatic heterocycles. The normalized spacial score (nSPS) is 14.0. The lowest BCUT2D eigenvalue weighted by Crippen LogP contribution is -2.43. The summed E-state index contributed by atoms with van der Waals surface area (Å²) in [5.74, 6) is 0. The molecule has 0 spiro atoms. The monoisotopic (exact) mass is 387 g/mol. The van der Waals surface area contributed by atoms with Crippen LogP contribution in [0.5, 0.6) is 0 Å². The van der Waals surface area contributed by atoms with Gasteiger partial charge in [-0.3, -0.25) is 4.79 Å². The number of amides is 3. The number of nitrogens with zero attached hydrogens (tertiary/aromatic N) is 1. The summed E-state index contributed by atoms with van der Waals surface area (Å²) in [5, 5.41) is 2.61. The van der Waals surface area contributed by atoms with E-state index in [1.165, 1.54) is 17.0 Å². The molecule has 3 rings (SSSR count). The Bertz CT molecular complexity index is 955. The van der Waals surface area contributed by atoms with Gasteiger partial charge < -0.3 is 10.2 Å². The Balaban J connectivity index is 1.69. The molecular weight excluding hydrogens is 366 g/mol. The quantitative estimate of drug-likeness (QED) is 0.785. The molecule has 7 nitrogen and oxygen atoms in total. The fourth-order valence-corrected chi connectivity index (χ4v) is 4.01. The van der Waals surface area contributed by atoms with Crippen LogP contribution in [0.25, 0.3) is 0 Å². The number of aryl methyl sites for hydroxylation is 1. The second kappa shape index (κ2) is 7.79. The third kappa shape index (κ3) is 4.46. The minimum Gasteiger partial charge on any atom is -0.329 e. The molecule has 1 aliphatic rings. The molecule has 8 heteroatoms. The number of urea groups is 1. The molecule has 1 aliphatic heterocycles. The van der Waals surface area contributed by atoms with Crippen LogP contribution in [0.3, 0.4) is 0 Å². The summed E-state index contributed by atoms with van der Waals surface area (Å²) < 4.78 is 27.0. The van der Waals surface area contributed by atoms with Gasteiger partial charge in [-0.15, -0.1) is 0 Å². The first-order chi connectivity index (χ1) is 12.9. The first kappa shape index (κ1) is 18.9. The van der Waals surface area contributed by atoms with Gasteiger partial charge in [-0.05, 0) is 55.2 Å². The number of sulfonamides is 1. The number of rotatable bonds is 4. The van der Waals surface area contributed by atoms with Crippen molar-refractivity contribution in [2.75, 3.05) is 18.4 Å². The lowest BCUT2D eigenvalue weighted by Gasteiger charge is -2.20. The highest BCUT2D eigenvalue weighted by Gasteiger charge is 2.24. The molecule has 0 saturated heterocycles. The number of fused-ring (bicyclic) bond motifs is 1. The second-order valence-electron chi connectivity index (χ2n) is 6.46. The van der Waals surface area contributed by atoms with Crippen molar-refractivity contribution in [1.29, 1.82) is 0 Å². The van der Waals surface area contributed by atoms with Gasteiger partial charge in [-0.25, -0.2) is 17.9 Å². The number of hydrogen-bond donors (Lipinski definition) is 2. The standard InChI is InChI=1S/C19H21N3O4S/c1-14-2-6-18(7-3-14)27(25,26)21-19(24)22-10-8-15-4-5-17(20-13-23)12-16(15)9-11-22/h2-7,12-13H,8-11H2,1H3,(H,20,23)(H,21,24). The van der Waals surface area contributed by atoms with E-state index in [1.807, 2.05) is 25.1 Å². The Kier molecular flexibility index (Phi) is 5.46. The van der Waals surface area contributed by atoms with Crippen molar-refractivity contribution in [3.05, 3.63) is 59.2 Å². The van der Waals surface area contributed by atoms with Crippen LogP contribution in [0.15, 0.2) is 47.4 Å². The zero-order chi connectivity index (χ0) is 19.4. The van der Waals surface area contributed by atoms with Crippen LogP contribution in [0, 0.1) is 6.92 Å². The molecule has 27 heavy (non-hydrogen) atoms. The molecule has 0 aliphatic carbocycles. The number of anilines is 1. The highest BCUT2D eigenvalue weighted by Crippen LogP contribution is 2.20. The molecular formula is C19H21N3O4S. The van der Waals surface area contributed by atoms with Crippen LogP contribution in [-0.2, 0) is 27.7 Å². The SMILES string of the molecule is Cc1ccc(S(=O)(=O)NC(=O)N2CCc3ccc(NC=O)cc3CC2)cc1. The van der Waals surface area contributed by atoms with Gasteiger partial charge in [0.1, 0.15) is 0 Å². The van der Waals surface area contributed by atoms with Crippen molar-refractivity contribution in [1.82, 2.24) is 9.62 Å². The highest BCUT2D eigenvalue weighted by molar-refractivity contribution is 7.90. The number of carbonyl (C=O) groups excluding carboxylic acids is 2. The van der Waals surface area contributed by atoms with E-state index < -0.39 is 16.1 Å². The number of nitrogens with one attached hydrogen (secondary N) is 2. The average Bonchev–Trinajstić information content (AvgIpc) is 2.84. The van der Waals surface area contributed by atoms with Crippen molar-refractivity contribution >= 4 is 28.2 Å². The summed E-state index contributed by atoms with van der Waals surface area (Å²) in [7, 11) is -3.91. The predicted molar refractivity (Wildman–Crippen MR) is 102 cm³/mol. The summed E-state index contributed by atoms with van der Waals surface area (Å²) >= 11 is 0. The summed E-state index contributed by atoms with van der Waals surface area (Å²) in [6.45, 7) is 2.68. The molecule has 2 aromatic rings. The molecule has 0 unspecified atom stereocenters. The maximum Gasteiger partial charge on any atom is 0.331 e. The molecule has 3 amide bonds. The Morgan fingerprint density at radius 1 is 1.04 bits per heavy atom. The number of benzene rings is 2. The number of carbonyl (C=O) groups is 2. The summed E-state index contributed by atoms with van der Waals surface area (Å²) in [5.41, 5.74) is 3.76. The summed E-state index contributed by atoms with van der Waals surface area (Å²) in [6.07, 6.45) is 1.82. The third-order valence-electron chi connectivity index (χ3n) is 4.57. The predicted octanol–water partition coefficient (Wildman–Crippen LogP) is 2.06. The van der Waals surface area contributed by atoms with E-state index in [1.54, 1.807) is 12.1 Å². The van der Waals surface area contributed by atoms with Crippen LogP contribution >= 0.6 is 0 Å². The van der Waals surface area contributed by atoms with E-state index in [-0.39, 0.29) is 4.90 Å². The fourth-order valence-electron chi connectivity index (χ4n) is 3.04. The summed E-state index contributed by atoms with van der Waals surface area (Å²) in [4.78, 5) is 24.7. The first-order valence-corrected chi connectivity index (χ1v) is 10.1. The maximum absolute atomic E-state index is 12.5. The molecule has 0 atom stereocenters. The Hall–Kier alpha value is -2.87. The molecule has 2 aromatic carbocycles. The van der Waals surface area contributed by atoms with Crippen molar-refractivity contribution in [2.24, 2.45) is 0 Å². The molecule has 0 fully saturated rings. The van der Waals surface area contributed by atoms with Crippen LogP contribution < -0.4 is 10.0 Å². The van der Waals surface area contributed by atoms with Gasteiger partial charge in [-0.1, -0.05) is 23.8 Å². The van der Waals surface area contributed by atoms with E-state index in [2.05, 4.69) is 10.0 Å². The van der Waals surface area contributed by atoms with Gasteiger partial charge in [0.25, 0.3) is 10.0 Å². The van der Waals surface area contributed by atoms with Gasteiger partial charge in [-0.2, -0.15) is 0 Å². The molecule has 1 heterocycles. The third-order valence-corrected chi connectivity index (χ3v) is 5.91. The van der Waals surface area contributed by atoms with E-state index in [9.17, 15) is 18.0 Å². The Labute approximate surface area is 158 Å². The lowest BCUT2D eigenvalue weighted by atomic mass is 10.0. The fraction of sp³-hybridized carbons (Fsp3) is 0.263. The Morgan fingerprint density at radius 2 is 1.70 bits per heavy atom. The molecule has 142 valence electrons. The van der Waals surface area contributed by atoms with E-state index in [4.69, 9.17) is 0 Å². The van der Waals surface area contributed by atoms with Crippen molar-refractivity contribution < 1.29 is 18.0 Å². The average molecular weight is 387 g/mol. The lowest BCUT2D eigenvalue weighted by molar-refractivity contribution is -0.105. The van der Waals surface area contributed by atoms with Gasteiger partial charge in [0.05, 0.1) is 4.90 Å². The maximum atomic E-state index is 12.5. The van der Waals surface area contributed by atoms with E-state index in [0.717, 1.165) is 16.7 Å². The minimum atomic E-state index is -3.91. The van der Waals surface area contributed by atoms with Crippen molar-refractivity contribution in [2.45, 2.75) is 24.7 Å². The second-order valence-corrected chi connectivity index (χ2v) is 8.14. The zero-order valence-corrected chi connectivity index (χ0v) is 15.8. The molecule has 0 saturated carbocycles.